The molecule has 0 saturated heterocycles. The Morgan fingerprint density at radius 3 is 2.32 bits per heavy atom. The fraction of sp³-hybridized carbons (Fsp3) is 0.421. The smallest absolute Gasteiger partial charge is 0.263 e. The molecule has 1 aromatic heterocycles. The number of hydrogen-bond donors (Lipinski definition) is 0. The van der Waals surface area contributed by atoms with Gasteiger partial charge < -0.3 is 4.90 Å². The Kier molecular flexibility index (Phi) is 4.63. The zero-order valence-corrected chi connectivity index (χ0v) is 14.2. The first-order valence-corrected chi connectivity index (χ1v) is 8.88. The Morgan fingerprint density at radius 1 is 1.00 bits per heavy atom. The van der Waals surface area contributed by atoms with Crippen LogP contribution in [0.4, 0.5) is 0 Å². The SMILES string of the molecule is CN(C)C(=O)c1ccc(-c2ccc(C3CCCCC3)cc2)s1. The molecule has 3 heteroatoms. The second kappa shape index (κ2) is 6.66. The van der Waals surface area contributed by atoms with Crippen LogP contribution in [0, 0.1) is 0 Å². The van der Waals surface area contributed by atoms with Crippen LogP contribution in [0.25, 0.3) is 10.4 Å². The highest BCUT2D eigenvalue weighted by molar-refractivity contribution is 7.17. The topological polar surface area (TPSA) is 20.3 Å². The lowest BCUT2D eigenvalue weighted by atomic mass is 9.84. The molecule has 1 fully saturated rings. The molecule has 1 aromatic carbocycles. The van der Waals surface area contributed by atoms with Gasteiger partial charge in [0.05, 0.1) is 4.88 Å². The molecular formula is C19H23NOS. The van der Waals surface area contributed by atoms with Crippen LogP contribution < -0.4 is 0 Å². The number of carbonyl (C=O) groups is 1. The third-order valence-corrected chi connectivity index (χ3v) is 5.62. The van der Waals surface area contributed by atoms with Crippen molar-refractivity contribution >= 4 is 17.2 Å². The Balaban J connectivity index is 1.76. The summed E-state index contributed by atoms with van der Waals surface area (Å²) in [5.74, 6) is 0.826. The van der Waals surface area contributed by atoms with Gasteiger partial charge in [-0.3, -0.25) is 4.79 Å². The number of thiophene rings is 1. The molecular weight excluding hydrogens is 290 g/mol. The summed E-state index contributed by atoms with van der Waals surface area (Å²) in [5, 5.41) is 0. The number of hydrogen-bond acceptors (Lipinski definition) is 2. The predicted octanol–water partition coefficient (Wildman–Crippen LogP) is 5.16. The van der Waals surface area contributed by atoms with Crippen LogP contribution in [0.2, 0.25) is 0 Å². The molecule has 1 heterocycles. The van der Waals surface area contributed by atoms with Gasteiger partial charge in [-0.2, -0.15) is 0 Å². The number of nitrogens with zero attached hydrogens (tertiary/aromatic N) is 1. The van der Waals surface area contributed by atoms with Gasteiger partial charge in [-0.1, -0.05) is 43.5 Å². The minimum absolute atomic E-state index is 0.0788. The van der Waals surface area contributed by atoms with Crippen LogP contribution in [0.15, 0.2) is 36.4 Å². The third kappa shape index (κ3) is 3.25. The normalized spacial score (nSPS) is 15.7. The number of benzene rings is 1. The zero-order valence-electron chi connectivity index (χ0n) is 13.3. The van der Waals surface area contributed by atoms with E-state index in [2.05, 4.69) is 30.3 Å². The molecule has 0 spiro atoms. The minimum Gasteiger partial charge on any atom is -0.344 e. The van der Waals surface area contributed by atoms with Crippen LogP contribution in [-0.2, 0) is 0 Å². The van der Waals surface area contributed by atoms with E-state index in [0.29, 0.717) is 0 Å². The fourth-order valence-electron chi connectivity index (χ4n) is 3.18. The zero-order chi connectivity index (χ0) is 15.5. The lowest BCUT2D eigenvalue weighted by molar-refractivity contribution is 0.0832. The van der Waals surface area contributed by atoms with Crippen LogP contribution in [-0.4, -0.2) is 24.9 Å². The minimum atomic E-state index is 0.0788. The van der Waals surface area contributed by atoms with Crippen molar-refractivity contribution in [2.75, 3.05) is 14.1 Å². The first-order chi connectivity index (χ1) is 10.6. The van der Waals surface area contributed by atoms with Gasteiger partial charge in [0.15, 0.2) is 0 Å². The molecule has 116 valence electrons. The van der Waals surface area contributed by atoms with Gasteiger partial charge >= 0.3 is 0 Å². The summed E-state index contributed by atoms with van der Waals surface area (Å²) in [4.78, 5) is 15.6. The maximum absolute atomic E-state index is 12.0. The molecule has 2 nitrogen and oxygen atoms in total. The highest BCUT2D eigenvalue weighted by Crippen LogP contribution is 2.34. The summed E-state index contributed by atoms with van der Waals surface area (Å²) >= 11 is 1.57. The van der Waals surface area contributed by atoms with Gasteiger partial charge in [0.1, 0.15) is 0 Å². The second-order valence-corrected chi connectivity index (χ2v) is 7.40. The van der Waals surface area contributed by atoms with E-state index in [0.717, 1.165) is 10.8 Å². The fourth-order valence-corrected chi connectivity index (χ4v) is 4.22. The maximum Gasteiger partial charge on any atom is 0.263 e. The van der Waals surface area contributed by atoms with E-state index in [4.69, 9.17) is 0 Å². The Morgan fingerprint density at radius 2 is 1.68 bits per heavy atom. The predicted molar refractivity (Wildman–Crippen MR) is 93.6 cm³/mol. The molecule has 2 aromatic rings. The summed E-state index contributed by atoms with van der Waals surface area (Å²) < 4.78 is 0. The molecule has 0 atom stereocenters. The quantitative estimate of drug-likeness (QED) is 0.766. The van der Waals surface area contributed by atoms with Gasteiger partial charge in [0, 0.05) is 19.0 Å². The monoisotopic (exact) mass is 313 g/mol. The van der Waals surface area contributed by atoms with E-state index in [1.54, 1.807) is 30.3 Å². The lowest BCUT2D eigenvalue weighted by Gasteiger charge is -2.22. The Hall–Kier alpha value is -1.61. The molecule has 0 N–H and O–H groups in total. The molecule has 3 rings (SSSR count). The van der Waals surface area contributed by atoms with E-state index in [1.165, 1.54) is 48.1 Å². The molecule has 1 saturated carbocycles. The maximum atomic E-state index is 12.0. The van der Waals surface area contributed by atoms with E-state index >= 15 is 0 Å². The summed E-state index contributed by atoms with van der Waals surface area (Å²) in [6, 6.07) is 12.9. The van der Waals surface area contributed by atoms with Crippen molar-refractivity contribution in [3.8, 4) is 10.4 Å². The lowest BCUT2D eigenvalue weighted by Crippen LogP contribution is -2.20. The van der Waals surface area contributed by atoms with Crippen molar-refractivity contribution in [3.63, 3.8) is 0 Å². The van der Waals surface area contributed by atoms with Crippen molar-refractivity contribution in [2.24, 2.45) is 0 Å². The van der Waals surface area contributed by atoms with E-state index < -0.39 is 0 Å². The Bertz CT molecular complexity index is 636. The molecule has 1 aliphatic rings. The standard InChI is InChI=1S/C19H23NOS/c1-20(2)19(21)18-13-12-17(22-18)16-10-8-15(9-11-16)14-6-4-3-5-7-14/h8-14H,3-7H2,1-2H3. The van der Waals surface area contributed by atoms with Crippen LogP contribution >= 0.6 is 11.3 Å². The second-order valence-electron chi connectivity index (χ2n) is 6.32. The summed E-state index contributed by atoms with van der Waals surface area (Å²) in [6.45, 7) is 0. The van der Waals surface area contributed by atoms with Gasteiger partial charge in [0.25, 0.3) is 5.91 Å². The number of carbonyl (C=O) groups excluding carboxylic acids is 1. The summed E-state index contributed by atoms with van der Waals surface area (Å²) in [7, 11) is 3.58. The van der Waals surface area contributed by atoms with Gasteiger partial charge in [-0.15, -0.1) is 11.3 Å². The first kappa shape index (κ1) is 15.3. The molecule has 0 unspecified atom stereocenters. The highest BCUT2D eigenvalue weighted by atomic mass is 32.1. The molecule has 1 amide bonds. The van der Waals surface area contributed by atoms with Crippen LogP contribution in [0.3, 0.4) is 0 Å². The highest BCUT2D eigenvalue weighted by Gasteiger charge is 2.16. The number of amides is 1. The van der Waals surface area contributed by atoms with Crippen molar-refractivity contribution in [1.82, 2.24) is 4.90 Å². The molecule has 22 heavy (non-hydrogen) atoms. The average molecular weight is 313 g/mol. The van der Waals surface area contributed by atoms with Gasteiger partial charge in [-0.05, 0) is 42.0 Å². The molecule has 0 aliphatic heterocycles. The van der Waals surface area contributed by atoms with Crippen molar-refractivity contribution in [3.05, 3.63) is 46.8 Å². The Labute approximate surface area is 136 Å². The molecule has 0 bridgehead atoms. The van der Waals surface area contributed by atoms with Crippen LogP contribution in [0.5, 0.6) is 0 Å². The van der Waals surface area contributed by atoms with Gasteiger partial charge in [0.2, 0.25) is 0 Å². The van der Waals surface area contributed by atoms with Crippen molar-refractivity contribution in [2.45, 2.75) is 38.0 Å². The third-order valence-electron chi connectivity index (χ3n) is 4.49. The van der Waals surface area contributed by atoms with Crippen LogP contribution in [0.1, 0.15) is 53.3 Å². The van der Waals surface area contributed by atoms with Crippen molar-refractivity contribution in [1.29, 1.82) is 0 Å². The largest absolute Gasteiger partial charge is 0.344 e. The number of rotatable bonds is 3. The van der Waals surface area contributed by atoms with E-state index in [1.807, 2.05) is 6.07 Å². The summed E-state index contributed by atoms with van der Waals surface area (Å²) in [6.07, 6.45) is 6.80. The molecule has 0 radical (unpaired) electrons. The average Bonchev–Trinajstić information content (AvgIpc) is 3.05. The van der Waals surface area contributed by atoms with Crippen molar-refractivity contribution < 1.29 is 4.79 Å². The molecule has 1 aliphatic carbocycles. The summed E-state index contributed by atoms with van der Waals surface area (Å²) in [5.41, 5.74) is 2.69. The van der Waals surface area contributed by atoms with Gasteiger partial charge in [-0.25, -0.2) is 0 Å². The van der Waals surface area contributed by atoms with E-state index in [9.17, 15) is 4.79 Å². The first-order valence-electron chi connectivity index (χ1n) is 8.07. The van der Waals surface area contributed by atoms with E-state index in [-0.39, 0.29) is 5.91 Å².